The number of nitrogens with one attached hydrogen (secondary N) is 1. The number of aliphatic carboxylic acids is 1. The first-order chi connectivity index (χ1) is 10.5. The summed E-state index contributed by atoms with van der Waals surface area (Å²) in [4.78, 5) is 37.5. The van der Waals surface area contributed by atoms with Gasteiger partial charge in [0.1, 0.15) is 11.4 Å². The standard InChI is InChI=1S/C14H14N2O4S2.Na/c1-7-6-22-13-10(12(18)16(13)11(7)14(19)20)15-9(17)5-8-3-2-4-21-8;/h2-4,10,13H,5-6H2,1H3,(H,15,17)(H,19,20);/q;+1/p-1. The minimum atomic E-state index is -1.35. The van der Waals surface area contributed by atoms with Crippen molar-refractivity contribution < 1.29 is 49.0 Å². The Morgan fingerprint density at radius 2 is 2.22 bits per heavy atom. The zero-order valence-electron chi connectivity index (χ0n) is 12.7. The Labute approximate surface area is 163 Å². The van der Waals surface area contributed by atoms with Crippen LogP contribution in [0.3, 0.4) is 0 Å². The van der Waals surface area contributed by atoms with Gasteiger partial charge < -0.3 is 15.2 Å². The van der Waals surface area contributed by atoms with Crippen molar-refractivity contribution in [2.24, 2.45) is 0 Å². The van der Waals surface area contributed by atoms with E-state index in [9.17, 15) is 19.5 Å². The van der Waals surface area contributed by atoms with Crippen LogP contribution >= 0.6 is 23.1 Å². The van der Waals surface area contributed by atoms with Crippen LogP contribution in [0, 0.1) is 0 Å². The molecule has 0 bridgehead atoms. The summed E-state index contributed by atoms with van der Waals surface area (Å²) in [5, 5.41) is 15.4. The number of carbonyl (C=O) groups excluding carboxylic acids is 3. The van der Waals surface area contributed by atoms with Crippen molar-refractivity contribution >= 4 is 40.9 Å². The van der Waals surface area contributed by atoms with E-state index in [-0.39, 0.29) is 53.0 Å². The summed E-state index contributed by atoms with van der Waals surface area (Å²) in [6.45, 7) is 1.67. The molecule has 6 nitrogen and oxygen atoms in total. The maximum absolute atomic E-state index is 12.2. The van der Waals surface area contributed by atoms with E-state index in [4.69, 9.17) is 0 Å². The first-order valence-electron chi connectivity index (χ1n) is 6.66. The number of thiophene rings is 1. The molecule has 1 aromatic rings. The van der Waals surface area contributed by atoms with Crippen molar-refractivity contribution in [2.45, 2.75) is 24.8 Å². The molecule has 1 N–H and O–H groups in total. The van der Waals surface area contributed by atoms with E-state index >= 15 is 0 Å². The topological polar surface area (TPSA) is 89.5 Å². The Morgan fingerprint density at radius 3 is 2.83 bits per heavy atom. The Morgan fingerprint density at radius 1 is 1.48 bits per heavy atom. The fourth-order valence-electron chi connectivity index (χ4n) is 2.56. The molecule has 2 unspecified atom stereocenters. The van der Waals surface area contributed by atoms with E-state index in [0.717, 1.165) is 4.88 Å². The van der Waals surface area contributed by atoms with E-state index in [1.165, 1.54) is 28.0 Å². The molecule has 0 aromatic carbocycles. The number of carboxylic acid groups (broad SMARTS) is 1. The number of rotatable bonds is 4. The van der Waals surface area contributed by atoms with E-state index in [0.29, 0.717) is 11.3 Å². The van der Waals surface area contributed by atoms with Gasteiger partial charge in [-0.05, 0) is 23.9 Å². The van der Waals surface area contributed by atoms with Gasteiger partial charge in [0, 0.05) is 10.6 Å². The Bertz CT molecular complexity index is 674. The smallest absolute Gasteiger partial charge is 0.543 e. The largest absolute Gasteiger partial charge is 1.00 e. The van der Waals surface area contributed by atoms with E-state index in [2.05, 4.69) is 5.32 Å². The van der Waals surface area contributed by atoms with E-state index in [1.54, 1.807) is 6.92 Å². The molecule has 0 aliphatic carbocycles. The first-order valence-corrected chi connectivity index (χ1v) is 8.59. The Hall–Kier alpha value is -0.800. The molecule has 2 amide bonds. The average Bonchev–Trinajstić information content (AvgIpc) is 2.97. The molecule has 1 fully saturated rings. The van der Waals surface area contributed by atoms with Gasteiger partial charge in [0.15, 0.2) is 0 Å². The molecule has 2 aliphatic rings. The summed E-state index contributed by atoms with van der Waals surface area (Å²) < 4.78 is 0. The van der Waals surface area contributed by atoms with Gasteiger partial charge >= 0.3 is 29.6 Å². The molecule has 2 aliphatic heterocycles. The number of hydrogen-bond acceptors (Lipinski definition) is 6. The molecule has 9 heteroatoms. The van der Waals surface area contributed by atoms with Crippen molar-refractivity contribution in [3.05, 3.63) is 33.7 Å². The van der Waals surface area contributed by atoms with Crippen LogP contribution in [0.15, 0.2) is 28.8 Å². The first kappa shape index (κ1) is 18.5. The minimum Gasteiger partial charge on any atom is -0.543 e. The van der Waals surface area contributed by atoms with Gasteiger partial charge in [-0.25, -0.2) is 0 Å². The van der Waals surface area contributed by atoms with Crippen molar-refractivity contribution in [1.29, 1.82) is 0 Å². The Kier molecular flexibility index (Phi) is 5.96. The zero-order valence-corrected chi connectivity index (χ0v) is 16.3. The van der Waals surface area contributed by atoms with Gasteiger partial charge in [0.05, 0.1) is 18.1 Å². The molecule has 3 rings (SSSR count). The van der Waals surface area contributed by atoms with Crippen molar-refractivity contribution in [2.75, 3.05) is 5.75 Å². The second kappa shape index (κ2) is 7.40. The van der Waals surface area contributed by atoms with Gasteiger partial charge in [-0.1, -0.05) is 6.07 Å². The van der Waals surface area contributed by atoms with Crippen LogP contribution in [-0.2, 0) is 20.8 Å². The fraction of sp³-hybridized carbons (Fsp3) is 0.357. The molecule has 1 saturated heterocycles. The maximum atomic E-state index is 12.2. The average molecular weight is 360 g/mol. The van der Waals surface area contributed by atoms with Crippen LogP contribution in [0.4, 0.5) is 0 Å². The molecule has 1 aromatic heterocycles. The molecule has 3 heterocycles. The summed E-state index contributed by atoms with van der Waals surface area (Å²) in [5.74, 6) is -1.47. The number of β-lactam (4-membered cyclic amide) rings is 1. The third kappa shape index (κ3) is 3.51. The van der Waals surface area contributed by atoms with Crippen LogP contribution in [0.5, 0.6) is 0 Å². The normalized spacial score (nSPS) is 22.8. The van der Waals surface area contributed by atoms with Crippen molar-refractivity contribution in [3.63, 3.8) is 0 Å². The fourth-order valence-corrected chi connectivity index (χ4v) is 4.55. The molecular formula is C14H13N2NaO4S2. The second-order valence-electron chi connectivity index (χ2n) is 5.13. The Balaban J connectivity index is 0.00000192. The van der Waals surface area contributed by atoms with Gasteiger partial charge in [-0.15, -0.1) is 23.1 Å². The van der Waals surface area contributed by atoms with E-state index in [1.807, 2.05) is 17.5 Å². The van der Waals surface area contributed by atoms with Crippen LogP contribution < -0.4 is 40.0 Å². The number of carbonyl (C=O) groups is 3. The monoisotopic (exact) mass is 360 g/mol. The van der Waals surface area contributed by atoms with Gasteiger partial charge in [0.25, 0.3) is 5.91 Å². The van der Waals surface area contributed by atoms with E-state index < -0.39 is 17.9 Å². The van der Waals surface area contributed by atoms with Crippen LogP contribution in [0.1, 0.15) is 11.8 Å². The number of hydrogen-bond donors (Lipinski definition) is 1. The number of carboxylic acids is 1. The maximum Gasteiger partial charge on any atom is 1.00 e. The minimum absolute atomic E-state index is 0. The predicted molar refractivity (Wildman–Crippen MR) is 80.8 cm³/mol. The summed E-state index contributed by atoms with van der Waals surface area (Å²) >= 11 is 2.93. The number of amides is 2. The van der Waals surface area contributed by atoms with Crippen molar-refractivity contribution in [1.82, 2.24) is 10.2 Å². The summed E-state index contributed by atoms with van der Waals surface area (Å²) in [5.41, 5.74) is 0.551. The quantitative estimate of drug-likeness (QED) is 0.449. The molecular weight excluding hydrogens is 347 g/mol. The molecule has 23 heavy (non-hydrogen) atoms. The van der Waals surface area contributed by atoms with Gasteiger partial charge in [-0.2, -0.15) is 0 Å². The summed E-state index contributed by atoms with van der Waals surface area (Å²) in [6, 6.07) is 3.05. The SMILES string of the molecule is CC1=C(C(=O)[O-])N2C(=O)C(NC(=O)Cc3cccs3)C2SC1.[Na+]. The second-order valence-corrected chi connectivity index (χ2v) is 7.26. The zero-order chi connectivity index (χ0) is 15.9. The van der Waals surface area contributed by atoms with Gasteiger partial charge in [-0.3, -0.25) is 14.5 Å². The predicted octanol–water partition coefficient (Wildman–Crippen LogP) is -3.28. The van der Waals surface area contributed by atoms with Crippen LogP contribution in [0.2, 0.25) is 0 Å². The third-order valence-corrected chi connectivity index (χ3v) is 5.88. The number of thioether (sulfide) groups is 1. The summed E-state index contributed by atoms with van der Waals surface area (Å²) in [6.07, 6.45) is 0.223. The van der Waals surface area contributed by atoms with Crippen LogP contribution in [-0.4, -0.2) is 39.9 Å². The van der Waals surface area contributed by atoms with Crippen LogP contribution in [0.25, 0.3) is 0 Å². The molecule has 0 radical (unpaired) electrons. The number of nitrogens with zero attached hydrogens (tertiary/aromatic N) is 1. The molecule has 2 atom stereocenters. The number of fused-ring (bicyclic) bond motifs is 1. The molecule has 116 valence electrons. The third-order valence-electron chi connectivity index (χ3n) is 3.58. The summed E-state index contributed by atoms with van der Waals surface area (Å²) in [7, 11) is 0. The molecule has 0 spiro atoms. The molecule has 0 saturated carbocycles. The van der Waals surface area contributed by atoms with Gasteiger partial charge in [0.2, 0.25) is 5.91 Å². The van der Waals surface area contributed by atoms with Crippen molar-refractivity contribution in [3.8, 4) is 0 Å².